The highest BCUT2D eigenvalue weighted by atomic mass is 16.3. The second-order valence-electron chi connectivity index (χ2n) is 8.07. The molecule has 7 nitrogen and oxygen atoms in total. The maximum Gasteiger partial charge on any atom is 0.289 e. The van der Waals surface area contributed by atoms with Crippen LogP contribution in [0.15, 0.2) is 45.6 Å². The van der Waals surface area contributed by atoms with Gasteiger partial charge in [0.05, 0.1) is 25.1 Å². The predicted molar refractivity (Wildman–Crippen MR) is 107 cm³/mol. The molecule has 2 aliphatic rings. The van der Waals surface area contributed by atoms with Crippen molar-refractivity contribution in [2.45, 2.75) is 38.3 Å². The Labute approximate surface area is 171 Å². The van der Waals surface area contributed by atoms with Crippen LogP contribution in [0.1, 0.15) is 42.0 Å². The molecule has 0 N–H and O–H groups in total. The summed E-state index contributed by atoms with van der Waals surface area (Å²) in [5.74, 6) is 1.63. The summed E-state index contributed by atoms with van der Waals surface area (Å²) in [6.07, 6.45) is 7.72. The quantitative estimate of drug-likeness (QED) is 0.747. The first kappa shape index (κ1) is 19.8. The van der Waals surface area contributed by atoms with Gasteiger partial charge in [0, 0.05) is 33.2 Å². The minimum Gasteiger partial charge on any atom is -0.467 e. The molecule has 0 radical (unpaired) electrons. The van der Waals surface area contributed by atoms with Gasteiger partial charge < -0.3 is 18.6 Å². The van der Waals surface area contributed by atoms with Crippen molar-refractivity contribution in [1.82, 2.24) is 14.7 Å². The maximum absolute atomic E-state index is 13.4. The van der Waals surface area contributed by atoms with Crippen LogP contribution in [0.2, 0.25) is 0 Å². The van der Waals surface area contributed by atoms with E-state index in [1.807, 2.05) is 24.1 Å². The summed E-state index contributed by atoms with van der Waals surface area (Å²) < 4.78 is 10.7. The average molecular weight is 399 g/mol. The second-order valence-corrected chi connectivity index (χ2v) is 8.07. The number of likely N-dealkylation sites (N-methyl/N-ethyl adjacent to an activating group) is 1. The zero-order valence-electron chi connectivity index (χ0n) is 17.0. The molecular formula is C22H29N3O4. The van der Waals surface area contributed by atoms with E-state index >= 15 is 0 Å². The molecule has 2 fully saturated rings. The molecule has 7 heteroatoms. The molecule has 0 spiro atoms. The van der Waals surface area contributed by atoms with Crippen LogP contribution in [0.4, 0.5) is 0 Å². The minimum absolute atomic E-state index is 0.0756. The van der Waals surface area contributed by atoms with Crippen molar-refractivity contribution in [3.05, 3.63) is 48.3 Å². The molecule has 2 aromatic rings. The number of carbonyl (C=O) groups is 2. The molecule has 0 aromatic carbocycles. The van der Waals surface area contributed by atoms with Crippen LogP contribution < -0.4 is 0 Å². The van der Waals surface area contributed by atoms with Gasteiger partial charge >= 0.3 is 0 Å². The van der Waals surface area contributed by atoms with Gasteiger partial charge in [0.15, 0.2) is 5.76 Å². The van der Waals surface area contributed by atoms with Crippen LogP contribution in [0, 0.1) is 5.92 Å². The van der Waals surface area contributed by atoms with E-state index in [2.05, 4.69) is 4.90 Å². The number of carbonyl (C=O) groups excluding carboxylic acids is 2. The van der Waals surface area contributed by atoms with Crippen LogP contribution in [-0.2, 0) is 11.3 Å². The predicted octanol–water partition coefficient (Wildman–Crippen LogP) is 2.85. The third-order valence-electron chi connectivity index (χ3n) is 6.18. The van der Waals surface area contributed by atoms with Gasteiger partial charge in [0.25, 0.3) is 5.91 Å². The van der Waals surface area contributed by atoms with Gasteiger partial charge in [-0.25, -0.2) is 0 Å². The molecular weight excluding hydrogens is 370 g/mol. The van der Waals surface area contributed by atoms with Crippen LogP contribution >= 0.6 is 0 Å². The number of piperazine rings is 1. The van der Waals surface area contributed by atoms with E-state index in [1.54, 1.807) is 23.3 Å². The molecule has 1 aliphatic heterocycles. The van der Waals surface area contributed by atoms with E-state index in [1.165, 1.54) is 19.1 Å². The maximum atomic E-state index is 13.4. The Bertz CT molecular complexity index is 788. The van der Waals surface area contributed by atoms with E-state index in [9.17, 15) is 9.59 Å². The summed E-state index contributed by atoms with van der Waals surface area (Å²) in [6, 6.07) is 7.04. The van der Waals surface area contributed by atoms with Crippen molar-refractivity contribution in [2.75, 3.05) is 33.2 Å². The van der Waals surface area contributed by atoms with E-state index < -0.39 is 0 Å². The normalized spacial score (nSPS) is 19.4. The van der Waals surface area contributed by atoms with Crippen LogP contribution in [0.3, 0.4) is 0 Å². The summed E-state index contributed by atoms with van der Waals surface area (Å²) in [5.41, 5.74) is 0. The number of amides is 2. The Hall–Kier alpha value is -2.54. The third-order valence-corrected chi connectivity index (χ3v) is 6.18. The topological polar surface area (TPSA) is 70.1 Å². The summed E-state index contributed by atoms with van der Waals surface area (Å²) in [4.78, 5) is 31.8. The molecule has 2 amide bonds. The molecule has 1 aliphatic carbocycles. The Balaban J connectivity index is 1.42. The lowest BCUT2D eigenvalue weighted by molar-refractivity contribution is -0.139. The largest absolute Gasteiger partial charge is 0.467 e. The fraction of sp³-hybridized carbons (Fsp3) is 0.545. The van der Waals surface area contributed by atoms with Gasteiger partial charge in [0.2, 0.25) is 5.91 Å². The fourth-order valence-corrected chi connectivity index (χ4v) is 4.63. The van der Waals surface area contributed by atoms with E-state index in [4.69, 9.17) is 8.83 Å². The summed E-state index contributed by atoms with van der Waals surface area (Å²) in [7, 11) is 1.85. The smallest absolute Gasteiger partial charge is 0.289 e. The Morgan fingerprint density at radius 3 is 2.38 bits per heavy atom. The zero-order valence-corrected chi connectivity index (χ0v) is 17.0. The first-order valence-electron chi connectivity index (χ1n) is 10.5. The summed E-state index contributed by atoms with van der Waals surface area (Å²) in [5, 5.41) is 0. The van der Waals surface area contributed by atoms with Gasteiger partial charge in [-0.15, -0.1) is 0 Å². The molecule has 1 atom stereocenters. The van der Waals surface area contributed by atoms with Crippen molar-refractivity contribution in [3.8, 4) is 0 Å². The molecule has 156 valence electrons. The van der Waals surface area contributed by atoms with Crippen LogP contribution in [0.25, 0.3) is 0 Å². The van der Waals surface area contributed by atoms with E-state index in [0.29, 0.717) is 44.4 Å². The molecule has 0 bridgehead atoms. The standard InChI is InChI=1S/C22H29N3O4/c1-23(16-18-8-4-14-28-18)22(27)20(17-6-2-3-7-17)24-10-12-25(13-11-24)21(26)19-9-5-15-29-19/h4-5,8-9,14-15,17,20H,2-3,6-7,10-13,16H2,1H3/t20-/m1/s1. The number of rotatable bonds is 6. The monoisotopic (exact) mass is 399 g/mol. The van der Waals surface area contributed by atoms with Crippen molar-refractivity contribution < 1.29 is 18.4 Å². The van der Waals surface area contributed by atoms with Crippen molar-refractivity contribution in [3.63, 3.8) is 0 Å². The average Bonchev–Trinajstić information content (AvgIpc) is 3.51. The first-order chi connectivity index (χ1) is 14.1. The number of hydrogen-bond donors (Lipinski definition) is 0. The SMILES string of the molecule is CN(Cc1ccco1)C(=O)[C@@H](C1CCCC1)N1CCN(C(=O)c2ccco2)CC1. The second kappa shape index (κ2) is 8.86. The number of furan rings is 2. The van der Waals surface area contributed by atoms with Crippen molar-refractivity contribution >= 4 is 11.8 Å². The van der Waals surface area contributed by atoms with Gasteiger partial charge in [0.1, 0.15) is 5.76 Å². The van der Waals surface area contributed by atoms with E-state index in [-0.39, 0.29) is 17.9 Å². The molecule has 2 aromatic heterocycles. The van der Waals surface area contributed by atoms with Crippen LogP contribution in [0.5, 0.6) is 0 Å². The molecule has 3 heterocycles. The summed E-state index contributed by atoms with van der Waals surface area (Å²) in [6.45, 7) is 3.10. The molecule has 29 heavy (non-hydrogen) atoms. The van der Waals surface area contributed by atoms with Gasteiger partial charge in [-0.1, -0.05) is 12.8 Å². The lowest BCUT2D eigenvalue weighted by atomic mass is 9.94. The summed E-state index contributed by atoms with van der Waals surface area (Å²) >= 11 is 0. The molecule has 1 saturated carbocycles. The Kier molecular flexibility index (Phi) is 6.04. The highest BCUT2D eigenvalue weighted by Gasteiger charge is 2.39. The highest BCUT2D eigenvalue weighted by molar-refractivity contribution is 5.91. The lowest BCUT2D eigenvalue weighted by Crippen LogP contribution is -2.58. The van der Waals surface area contributed by atoms with Crippen LogP contribution in [-0.4, -0.2) is 65.8 Å². The lowest BCUT2D eigenvalue weighted by Gasteiger charge is -2.41. The van der Waals surface area contributed by atoms with Gasteiger partial charge in [-0.05, 0) is 43.0 Å². The third kappa shape index (κ3) is 4.40. The highest BCUT2D eigenvalue weighted by Crippen LogP contribution is 2.32. The van der Waals surface area contributed by atoms with Gasteiger partial charge in [-0.2, -0.15) is 0 Å². The van der Waals surface area contributed by atoms with Crippen molar-refractivity contribution in [1.29, 1.82) is 0 Å². The number of hydrogen-bond acceptors (Lipinski definition) is 5. The zero-order chi connectivity index (χ0) is 20.2. The molecule has 0 unspecified atom stereocenters. The van der Waals surface area contributed by atoms with Crippen molar-refractivity contribution in [2.24, 2.45) is 5.92 Å². The Morgan fingerprint density at radius 1 is 1.07 bits per heavy atom. The first-order valence-corrected chi connectivity index (χ1v) is 10.5. The Morgan fingerprint density at radius 2 is 1.76 bits per heavy atom. The van der Waals surface area contributed by atoms with E-state index in [0.717, 1.165) is 18.6 Å². The molecule has 1 saturated heterocycles. The van der Waals surface area contributed by atoms with Gasteiger partial charge in [-0.3, -0.25) is 14.5 Å². The minimum atomic E-state index is -0.127. The number of nitrogens with zero attached hydrogens (tertiary/aromatic N) is 3. The fourth-order valence-electron chi connectivity index (χ4n) is 4.63. The molecule has 4 rings (SSSR count).